The Kier molecular flexibility index (Phi) is 12.1. The van der Waals surface area contributed by atoms with E-state index in [0.717, 1.165) is 18.1 Å². The first-order valence-electron chi connectivity index (χ1n) is 9.60. The second kappa shape index (κ2) is 14.0. The van der Waals surface area contributed by atoms with Crippen LogP contribution in [-0.2, 0) is 5.75 Å². The van der Waals surface area contributed by atoms with Crippen LogP contribution in [0.4, 0.5) is 0 Å². The van der Waals surface area contributed by atoms with E-state index in [4.69, 9.17) is 5.11 Å². The predicted molar refractivity (Wildman–Crippen MR) is 114 cm³/mol. The zero-order valence-corrected chi connectivity index (χ0v) is 17.8. The van der Waals surface area contributed by atoms with E-state index >= 15 is 0 Å². The van der Waals surface area contributed by atoms with Gasteiger partial charge in [-0.15, -0.1) is 0 Å². The highest BCUT2D eigenvalue weighted by atomic mass is 32.2. The van der Waals surface area contributed by atoms with Gasteiger partial charge in [0.05, 0.1) is 12.1 Å². The fraction of sp³-hybridized carbons (Fsp3) is 0.409. The molecule has 0 spiro atoms. The van der Waals surface area contributed by atoms with Gasteiger partial charge in [-0.25, -0.2) is 4.79 Å². The van der Waals surface area contributed by atoms with Gasteiger partial charge in [0.2, 0.25) is 0 Å². The summed E-state index contributed by atoms with van der Waals surface area (Å²) < 4.78 is 0. The summed E-state index contributed by atoms with van der Waals surface area (Å²) in [5.74, 6) is 0.446. The maximum absolute atomic E-state index is 10.7. The monoisotopic (exact) mass is 421 g/mol. The molecule has 7 heteroatoms. The van der Waals surface area contributed by atoms with Crippen molar-refractivity contribution in [1.29, 1.82) is 0 Å². The first-order valence-corrected chi connectivity index (χ1v) is 10.8. The number of thioether (sulfide) groups is 1. The van der Waals surface area contributed by atoms with E-state index in [1.807, 2.05) is 17.8 Å². The molecule has 2 atom stereocenters. The van der Waals surface area contributed by atoms with Crippen LogP contribution in [0.1, 0.15) is 29.8 Å². The second-order valence-corrected chi connectivity index (χ2v) is 8.05. The minimum absolute atomic E-state index is 0.178. The predicted octanol–water partition coefficient (Wildman–Crippen LogP) is 1.02. The Hall–Kier alpha value is -2.06. The van der Waals surface area contributed by atoms with Gasteiger partial charge in [0.25, 0.3) is 0 Å². The van der Waals surface area contributed by atoms with Crippen molar-refractivity contribution in [3.63, 3.8) is 0 Å². The number of benzene rings is 2. The lowest BCUT2D eigenvalue weighted by Gasteiger charge is -2.22. The van der Waals surface area contributed by atoms with E-state index in [1.54, 1.807) is 13.8 Å². The molecule has 6 nitrogen and oxygen atoms in total. The molecule has 2 aromatic carbocycles. The molecule has 160 valence electrons. The van der Waals surface area contributed by atoms with Crippen molar-refractivity contribution in [3.8, 4) is 5.75 Å². The van der Waals surface area contributed by atoms with Gasteiger partial charge < -0.3 is 25.3 Å². The van der Waals surface area contributed by atoms with E-state index in [2.05, 4.69) is 24.3 Å². The molecular weight excluding hydrogens is 390 g/mol. The van der Waals surface area contributed by atoms with Gasteiger partial charge in [0, 0.05) is 11.5 Å². The van der Waals surface area contributed by atoms with Crippen molar-refractivity contribution < 1.29 is 30.1 Å². The summed E-state index contributed by atoms with van der Waals surface area (Å²) in [6.45, 7) is 6.00. The molecule has 0 bridgehead atoms. The quantitative estimate of drug-likeness (QED) is 0.427. The Morgan fingerprint density at radius 1 is 1.00 bits per heavy atom. The number of hydrogen-bond donors (Lipinski definition) is 4. The van der Waals surface area contributed by atoms with E-state index < -0.39 is 11.7 Å². The van der Waals surface area contributed by atoms with E-state index in [1.165, 1.54) is 34.7 Å². The van der Waals surface area contributed by atoms with Crippen LogP contribution in [0, 0.1) is 0 Å². The minimum atomic E-state index is -1.18. The smallest absolute Gasteiger partial charge is 0.335 e. The Labute approximate surface area is 176 Å². The molecule has 0 amide bonds. The summed E-state index contributed by atoms with van der Waals surface area (Å²) in [6, 6.07) is 16.0. The van der Waals surface area contributed by atoms with Gasteiger partial charge in [0.15, 0.2) is 0 Å². The van der Waals surface area contributed by atoms with E-state index in [0.29, 0.717) is 13.1 Å². The zero-order chi connectivity index (χ0) is 21.6. The Balaban J connectivity index is 0.000000352. The molecule has 29 heavy (non-hydrogen) atoms. The highest BCUT2D eigenvalue weighted by molar-refractivity contribution is 7.98. The topological polar surface area (TPSA) is 105 Å². The van der Waals surface area contributed by atoms with Crippen LogP contribution >= 0.6 is 11.8 Å². The molecule has 0 fully saturated rings. The Morgan fingerprint density at radius 2 is 1.55 bits per heavy atom. The number of hydrogen-bond acceptors (Lipinski definition) is 5. The van der Waals surface area contributed by atoms with E-state index in [9.17, 15) is 20.1 Å². The van der Waals surface area contributed by atoms with Gasteiger partial charge >= 0.3 is 5.97 Å². The summed E-state index contributed by atoms with van der Waals surface area (Å²) in [6.07, 6.45) is -0.624. The number of aliphatic hydroxyl groups excluding tert-OH is 2. The van der Waals surface area contributed by atoms with Crippen molar-refractivity contribution >= 4 is 17.7 Å². The summed E-state index contributed by atoms with van der Waals surface area (Å²) in [7, 11) is 0. The third-order valence-corrected chi connectivity index (χ3v) is 5.03. The standard InChI is InChI=1S/C15H25NO2S.C7H6O3/c1-13(17)10-16(11-14(2)18)8-9-19-12-15-6-4-3-5-7-15;8-6-4-2-1-3-5(6)7(9)10/h3-7,13-14,17-18H,8-12H2,1-2H3;1-4,8H,(H,9,10). The third-order valence-electron chi connectivity index (χ3n) is 4.00. The molecule has 0 saturated carbocycles. The van der Waals surface area contributed by atoms with Crippen LogP contribution in [0.2, 0.25) is 0 Å². The maximum atomic E-state index is 10.7. The molecule has 0 saturated heterocycles. The van der Waals surface area contributed by atoms with Gasteiger partial charge in [-0.05, 0) is 25.5 Å². The van der Waals surface area contributed by atoms with Crippen molar-refractivity contribution in [2.75, 3.05) is 25.4 Å². The van der Waals surface area contributed by atoms with Gasteiger partial charge in [-0.3, -0.25) is 0 Å². The molecule has 4 N–H and O–H groups in total. The van der Waals surface area contributed by atoms with Crippen molar-refractivity contribution in [1.82, 2.24) is 0 Å². The van der Waals surface area contributed by atoms with Crippen LogP contribution in [0.5, 0.6) is 5.75 Å². The third kappa shape index (κ3) is 11.5. The number of nitrogens with one attached hydrogen (secondary N) is 1. The average Bonchev–Trinajstić information content (AvgIpc) is 2.66. The summed E-state index contributed by atoms with van der Waals surface area (Å²) in [4.78, 5) is 11.5. The zero-order valence-electron chi connectivity index (χ0n) is 17.0. The first-order chi connectivity index (χ1) is 13.8. The highest BCUT2D eigenvalue weighted by Crippen LogP contribution is 2.11. The molecular formula is C22H31NO5S. The molecule has 0 aliphatic rings. The van der Waals surface area contributed by atoms with Crippen molar-refractivity contribution in [2.24, 2.45) is 0 Å². The number of para-hydroxylation sites is 1. The maximum Gasteiger partial charge on any atom is 0.335 e. The summed E-state index contributed by atoms with van der Waals surface area (Å²) in [5.41, 5.74) is 1.17. The molecule has 0 aliphatic heterocycles. The van der Waals surface area contributed by atoms with Crippen molar-refractivity contribution in [2.45, 2.75) is 31.8 Å². The van der Waals surface area contributed by atoms with Gasteiger partial charge in [-0.2, -0.15) is 11.8 Å². The average molecular weight is 422 g/mol. The normalized spacial score (nSPS) is 13.7. The molecule has 2 rings (SSSR count). The van der Waals surface area contributed by atoms with Crippen LogP contribution in [0.15, 0.2) is 54.6 Å². The Bertz CT molecular complexity index is 699. The molecule has 0 aliphatic carbocycles. The fourth-order valence-corrected chi connectivity index (χ4v) is 3.75. The van der Waals surface area contributed by atoms with Gasteiger partial charge in [0.1, 0.15) is 25.3 Å². The van der Waals surface area contributed by atoms with Crippen LogP contribution < -0.4 is 10.0 Å². The molecule has 2 unspecified atom stereocenters. The highest BCUT2D eigenvalue weighted by Gasteiger charge is 2.14. The number of aliphatic hydroxyl groups is 2. The van der Waals surface area contributed by atoms with Gasteiger partial charge in [-0.1, -0.05) is 54.3 Å². The number of carboxylic acid groups (broad SMARTS) is 1. The lowest BCUT2D eigenvalue weighted by Crippen LogP contribution is -3.14. The second-order valence-electron chi connectivity index (χ2n) is 6.95. The number of rotatable bonds is 10. The molecule has 2 aromatic rings. The SMILES string of the molecule is CC(O)C[NH+](CCSCc1ccccc1)CC(C)O.O=C(O)c1ccccc1[O-]. The molecule has 0 aromatic heterocycles. The minimum Gasteiger partial charge on any atom is -0.872 e. The van der Waals surface area contributed by atoms with Crippen LogP contribution in [-0.4, -0.2) is 58.9 Å². The molecule has 0 radical (unpaired) electrons. The fourth-order valence-electron chi connectivity index (χ4n) is 2.75. The largest absolute Gasteiger partial charge is 0.872 e. The first kappa shape index (κ1) is 25.0. The van der Waals surface area contributed by atoms with Crippen LogP contribution in [0.3, 0.4) is 0 Å². The molecule has 0 heterocycles. The number of carboxylic acids is 1. The summed E-state index contributed by atoms with van der Waals surface area (Å²) >= 11 is 1.90. The lowest BCUT2D eigenvalue weighted by atomic mass is 10.2. The van der Waals surface area contributed by atoms with Crippen molar-refractivity contribution in [3.05, 3.63) is 65.7 Å². The Morgan fingerprint density at radius 3 is 2.03 bits per heavy atom. The number of aromatic carboxylic acids is 1. The van der Waals surface area contributed by atoms with Crippen LogP contribution in [0.25, 0.3) is 0 Å². The van der Waals surface area contributed by atoms with E-state index in [-0.39, 0.29) is 17.8 Å². The number of carbonyl (C=O) groups is 1. The summed E-state index contributed by atoms with van der Waals surface area (Å²) in [5, 5.41) is 38.0. The lowest BCUT2D eigenvalue weighted by molar-refractivity contribution is -0.903. The number of quaternary nitrogens is 1.